The van der Waals surface area contributed by atoms with Crippen LogP contribution in [0.3, 0.4) is 0 Å². The van der Waals surface area contributed by atoms with Crippen molar-refractivity contribution in [1.82, 2.24) is 0 Å². The summed E-state index contributed by atoms with van der Waals surface area (Å²) in [6.45, 7) is 1.85. The van der Waals surface area contributed by atoms with E-state index in [0.29, 0.717) is 5.75 Å². The van der Waals surface area contributed by atoms with E-state index in [4.69, 9.17) is 4.74 Å². The first kappa shape index (κ1) is 12.7. The van der Waals surface area contributed by atoms with Crippen molar-refractivity contribution in [3.05, 3.63) is 41.2 Å². The molecule has 2 aliphatic rings. The predicted octanol–water partition coefficient (Wildman–Crippen LogP) is 4.57. The van der Waals surface area contributed by atoms with Gasteiger partial charge in [0.15, 0.2) is 11.6 Å². The highest BCUT2D eigenvalue weighted by atomic mass is 19.1. The van der Waals surface area contributed by atoms with Gasteiger partial charge in [-0.05, 0) is 62.1 Å². The maximum absolute atomic E-state index is 14.2. The maximum atomic E-state index is 14.2. The van der Waals surface area contributed by atoms with E-state index in [-0.39, 0.29) is 11.9 Å². The number of ether oxygens (including phenoxy) is 1. The Hall–Kier alpha value is -1.31. The molecular weight excluding hydrogens is 239 g/mol. The number of rotatable bonds is 5. The first-order valence-corrected chi connectivity index (χ1v) is 7.35. The molecule has 1 nitrogen and oxygen atoms in total. The van der Waals surface area contributed by atoms with E-state index < -0.39 is 0 Å². The summed E-state index contributed by atoms with van der Waals surface area (Å²) in [4.78, 5) is 0. The van der Waals surface area contributed by atoms with Gasteiger partial charge in [0.1, 0.15) is 0 Å². The molecule has 2 heteroatoms. The van der Waals surface area contributed by atoms with Gasteiger partial charge >= 0.3 is 0 Å². The second kappa shape index (κ2) is 5.36. The zero-order valence-electron chi connectivity index (χ0n) is 11.5. The summed E-state index contributed by atoms with van der Waals surface area (Å²) in [5.74, 6) is 1.01. The van der Waals surface area contributed by atoms with E-state index in [1.807, 2.05) is 13.0 Å². The monoisotopic (exact) mass is 260 g/mol. The first-order chi connectivity index (χ1) is 9.24. The van der Waals surface area contributed by atoms with Crippen LogP contribution < -0.4 is 4.74 Å². The molecule has 102 valence electrons. The minimum Gasteiger partial charge on any atom is -0.487 e. The summed E-state index contributed by atoms with van der Waals surface area (Å²) >= 11 is 0. The fourth-order valence-corrected chi connectivity index (χ4v) is 2.40. The highest BCUT2D eigenvalue weighted by molar-refractivity contribution is 5.38. The van der Waals surface area contributed by atoms with Gasteiger partial charge in [0.2, 0.25) is 0 Å². The Bertz CT molecular complexity index is 484. The Kier molecular flexibility index (Phi) is 3.58. The van der Waals surface area contributed by atoms with Crippen LogP contribution in [0.15, 0.2) is 24.3 Å². The third-order valence-corrected chi connectivity index (χ3v) is 4.18. The van der Waals surface area contributed by atoms with Crippen molar-refractivity contribution in [1.29, 1.82) is 0 Å². The van der Waals surface area contributed by atoms with E-state index in [2.05, 4.69) is 12.2 Å². The number of halogens is 1. The maximum Gasteiger partial charge on any atom is 0.168 e. The Morgan fingerprint density at radius 1 is 1.26 bits per heavy atom. The molecule has 2 aliphatic carbocycles. The van der Waals surface area contributed by atoms with Gasteiger partial charge in [-0.25, -0.2) is 4.39 Å². The molecular formula is C17H21FO. The Labute approximate surface area is 114 Å². The van der Waals surface area contributed by atoms with Crippen LogP contribution in [-0.4, -0.2) is 6.10 Å². The van der Waals surface area contributed by atoms with Crippen LogP contribution in [0, 0.1) is 18.7 Å². The molecule has 0 N–H and O–H groups in total. The molecule has 0 saturated heterocycles. The lowest BCUT2D eigenvalue weighted by atomic mass is 9.85. The average Bonchev–Trinajstić information content (AvgIpc) is 3.15. The average molecular weight is 260 g/mol. The lowest BCUT2D eigenvalue weighted by molar-refractivity contribution is 0.287. The zero-order valence-corrected chi connectivity index (χ0v) is 11.5. The number of benzene rings is 1. The van der Waals surface area contributed by atoms with E-state index in [1.54, 1.807) is 6.07 Å². The molecule has 3 rings (SSSR count). The van der Waals surface area contributed by atoms with Crippen LogP contribution in [0.4, 0.5) is 4.39 Å². The van der Waals surface area contributed by atoms with Crippen LogP contribution in [-0.2, 0) is 6.42 Å². The van der Waals surface area contributed by atoms with Gasteiger partial charge in [0.05, 0.1) is 6.10 Å². The molecule has 0 spiro atoms. The number of hydrogen-bond donors (Lipinski definition) is 0. The molecule has 1 aromatic carbocycles. The van der Waals surface area contributed by atoms with Gasteiger partial charge in [-0.1, -0.05) is 24.6 Å². The molecule has 0 amide bonds. The molecule has 0 atom stereocenters. The fourth-order valence-electron chi connectivity index (χ4n) is 2.40. The summed E-state index contributed by atoms with van der Waals surface area (Å²) in [5.41, 5.74) is 1.80. The topological polar surface area (TPSA) is 9.23 Å². The molecule has 0 unspecified atom stereocenters. The van der Waals surface area contributed by atoms with E-state index >= 15 is 0 Å². The van der Waals surface area contributed by atoms with Gasteiger partial charge in [-0.3, -0.25) is 0 Å². The van der Waals surface area contributed by atoms with Crippen LogP contribution >= 0.6 is 0 Å². The standard InChI is InChI=1S/C17H21FO/c1-12-14(7-3-6-13-4-2-5-13)8-11-16(17(12)18)19-15-9-10-15/h3,6,8,11,13,15H,2,4-5,7,9-10H2,1H3/b6-3+. The van der Waals surface area contributed by atoms with Crippen LogP contribution in [0.1, 0.15) is 43.2 Å². The van der Waals surface area contributed by atoms with E-state index in [0.717, 1.165) is 36.3 Å². The molecule has 0 radical (unpaired) electrons. The first-order valence-electron chi connectivity index (χ1n) is 7.35. The van der Waals surface area contributed by atoms with Gasteiger partial charge in [-0.2, -0.15) is 0 Å². The summed E-state index contributed by atoms with van der Waals surface area (Å²) in [6, 6.07) is 3.79. The van der Waals surface area contributed by atoms with Crippen molar-refractivity contribution in [2.24, 2.45) is 5.92 Å². The van der Waals surface area contributed by atoms with Gasteiger partial charge in [0.25, 0.3) is 0 Å². The quantitative estimate of drug-likeness (QED) is 0.704. The van der Waals surface area contributed by atoms with Crippen LogP contribution in [0.5, 0.6) is 5.75 Å². The normalized spacial score (nSPS) is 19.7. The third-order valence-electron chi connectivity index (χ3n) is 4.18. The smallest absolute Gasteiger partial charge is 0.168 e. The molecule has 1 aromatic rings. The Balaban J connectivity index is 1.66. The van der Waals surface area contributed by atoms with Crippen molar-refractivity contribution in [3.63, 3.8) is 0 Å². The molecule has 0 aromatic heterocycles. The van der Waals surface area contributed by atoms with Crippen molar-refractivity contribution in [3.8, 4) is 5.75 Å². The molecule has 0 bridgehead atoms. The largest absolute Gasteiger partial charge is 0.487 e. The van der Waals surface area contributed by atoms with Crippen molar-refractivity contribution < 1.29 is 9.13 Å². The highest BCUT2D eigenvalue weighted by Gasteiger charge is 2.25. The zero-order chi connectivity index (χ0) is 13.2. The van der Waals surface area contributed by atoms with Crippen LogP contribution in [0.25, 0.3) is 0 Å². The summed E-state index contributed by atoms with van der Waals surface area (Å²) in [6.07, 6.45) is 11.7. The van der Waals surface area contributed by atoms with Crippen molar-refractivity contribution in [2.45, 2.75) is 51.6 Å². The molecule has 2 saturated carbocycles. The molecule has 19 heavy (non-hydrogen) atoms. The summed E-state index contributed by atoms with van der Waals surface area (Å²) in [7, 11) is 0. The minimum atomic E-state index is -0.179. The van der Waals surface area contributed by atoms with Crippen LogP contribution in [0.2, 0.25) is 0 Å². The fraction of sp³-hybridized carbons (Fsp3) is 0.529. The highest BCUT2D eigenvalue weighted by Crippen LogP contribution is 2.31. The minimum absolute atomic E-state index is 0.179. The second-order valence-corrected chi connectivity index (χ2v) is 5.80. The van der Waals surface area contributed by atoms with E-state index in [9.17, 15) is 4.39 Å². The third kappa shape index (κ3) is 2.99. The summed E-state index contributed by atoms with van der Waals surface area (Å²) < 4.78 is 19.7. The SMILES string of the molecule is Cc1c(C/C=C/C2CCC2)ccc(OC2CC2)c1F. The summed E-state index contributed by atoms with van der Waals surface area (Å²) in [5, 5.41) is 0. The van der Waals surface area contributed by atoms with Gasteiger partial charge in [0, 0.05) is 0 Å². The lowest BCUT2D eigenvalue weighted by Gasteiger charge is -2.21. The molecule has 2 fully saturated rings. The number of hydrogen-bond acceptors (Lipinski definition) is 1. The van der Waals surface area contributed by atoms with Crippen molar-refractivity contribution in [2.75, 3.05) is 0 Å². The predicted molar refractivity (Wildman–Crippen MR) is 75.0 cm³/mol. The van der Waals surface area contributed by atoms with Gasteiger partial charge in [-0.15, -0.1) is 0 Å². The second-order valence-electron chi connectivity index (χ2n) is 5.80. The molecule has 0 aliphatic heterocycles. The molecule has 0 heterocycles. The number of allylic oxidation sites excluding steroid dienone is 2. The van der Waals surface area contributed by atoms with Crippen molar-refractivity contribution >= 4 is 0 Å². The van der Waals surface area contributed by atoms with Gasteiger partial charge < -0.3 is 4.74 Å². The lowest BCUT2D eigenvalue weighted by Crippen LogP contribution is -2.07. The Morgan fingerprint density at radius 3 is 2.68 bits per heavy atom. The Morgan fingerprint density at radius 2 is 2.05 bits per heavy atom. The van der Waals surface area contributed by atoms with E-state index in [1.165, 1.54) is 19.3 Å².